The molecule has 0 radical (unpaired) electrons. The summed E-state index contributed by atoms with van der Waals surface area (Å²) in [6, 6.07) is 8.31. The smallest absolute Gasteiger partial charge is 0.0873 e. The normalized spacial score (nSPS) is 15.1. The molecule has 92 valence electrons. The van der Waals surface area contributed by atoms with Crippen LogP contribution in [0.1, 0.15) is 38.4 Å². The van der Waals surface area contributed by atoms with Crippen LogP contribution in [0.5, 0.6) is 0 Å². The van der Waals surface area contributed by atoms with E-state index in [9.17, 15) is 0 Å². The minimum Gasteiger partial charge on any atom is -0.322 e. The topological polar surface area (TPSA) is 43.8 Å². The molecule has 0 saturated carbocycles. The van der Waals surface area contributed by atoms with Gasteiger partial charge in [0.25, 0.3) is 0 Å². The van der Waals surface area contributed by atoms with Crippen LogP contribution in [0.2, 0.25) is 0 Å². The van der Waals surface area contributed by atoms with E-state index in [1.54, 1.807) is 0 Å². The standard InChI is InChI=1S/C14H21N3/c1-4-7-10(2)13(15)14-11-8-5-6-9-12(11)17(3)16-14/h5-6,8-10,13H,4,7,15H2,1-3H3. The fraction of sp³-hybridized carbons (Fsp3) is 0.500. The first kappa shape index (κ1) is 12.1. The highest BCUT2D eigenvalue weighted by atomic mass is 15.3. The number of rotatable bonds is 4. The molecule has 0 amide bonds. The predicted octanol–water partition coefficient (Wildman–Crippen LogP) is 3.01. The Labute approximate surface area is 103 Å². The molecule has 0 aliphatic rings. The van der Waals surface area contributed by atoms with Gasteiger partial charge in [-0.05, 0) is 18.4 Å². The maximum Gasteiger partial charge on any atom is 0.0873 e. The van der Waals surface area contributed by atoms with Crippen LogP contribution >= 0.6 is 0 Å². The molecular weight excluding hydrogens is 210 g/mol. The summed E-state index contributed by atoms with van der Waals surface area (Å²) in [5.74, 6) is 0.471. The number of hydrogen-bond donors (Lipinski definition) is 1. The Hall–Kier alpha value is -1.35. The molecule has 2 rings (SSSR count). The molecule has 1 heterocycles. The Morgan fingerprint density at radius 3 is 2.76 bits per heavy atom. The van der Waals surface area contributed by atoms with Crippen molar-refractivity contribution in [2.45, 2.75) is 32.7 Å². The zero-order valence-corrected chi connectivity index (χ0v) is 10.9. The van der Waals surface area contributed by atoms with Gasteiger partial charge in [-0.1, -0.05) is 38.5 Å². The zero-order valence-electron chi connectivity index (χ0n) is 10.9. The average Bonchev–Trinajstić information content (AvgIpc) is 2.67. The molecule has 2 atom stereocenters. The Morgan fingerprint density at radius 1 is 1.35 bits per heavy atom. The van der Waals surface area contributed by atoms with Crippen molar-refractivity contribution in [1.82, 2.24) is 9.78 Å². The summed E-state index contributed by atoms with van der Waals surface area (Å²) in [5.41, 5.74) is 8.51. The van der Waals surface area contributed by atoms with Gasteiger partial charge in [0.05, 0.1) is 17.3 Å². The summed E-state index contributed by atoms with van der Waals surface area (Å²) in [7, 11) is 1.98. The first-order chi connectivity index (χ1) is 8.15. The van der Waals surface area contributed by atoms with Gasteiger partial charge in [0.2, 0.25) is 0 Å². The summed E-state index contributed by atoms with van der Waals surface area (Å²) >= 11 is 0. The molecule has 0 fully saturated rings. The van der Waals surface area contributed by atoms with Crippen molar-refractivity contribution in [3.8, 4) is 0 Å². The van der Waals surface area contributed by atoms with E-state index >= 15 is 0 Å². The highest BCUT2D eigenvalue weighted by Crippen LogP contribution is 2.28. The predicted molar refractivity (Wildman–Crippen MR) is 71.7 cm³/mol. The van der Waals surface area contributed by atoms with Gasteiger partial charge >= 0.3 is 0 Å². The molecule has 2 N–H and O–H groups in total. The number of nitrogens with two attached hydrogens (primary N) is 1. The number of para-hydroxylation sites is 1. The van der Waals surface area contributed by atoms with Gasteiger partial charge in [-0.25, -0.2) is 0 Å². The second kappa shape index (κ2) is 4.88. The van der Waals surface area contributed by atoms with Gasteiger partial charge in [0.1, 0.15) is 0 Å². The van der Waals surface area contributed by atoms with Gasteiger partial charge in [0, 0.05) is 12.4 Å². The first-order valence-electron chi connectivity index (χ1n) is 6.32. The number of fused-ring (bicyclic) bond motifs is 1. The molecule has 17 heavy (non-hydrogen) atoms. The van der Waals surface area contributed by atoms with Crippen LogP contribution < -0.4 is 5.73 Å². The van der Waals surface area contributed by atoms with Crippen LogP contribution in [-0.2, 0) is 7.05 Å². The van der Waals surface area contributed by atoms with Crippen LogP contribution in [0.3, 0.4) is 0 Å². The molecule has 0 aliphatic heterocycles. The molecule has 3 nitrogen and oxygen atoms in total. The molecular formula is C14H21N3. The number of benzene rings is 1. The molecule has 3 heteroatoms. The van der Waals surface area contributed by atoms with E-state index < -0.39 is 0 Å². The monoisotopic (exact) mass is 231 g/mol. The number of aryl methyl sites for hydroxylation is 1. The fourth-order valence-corrected chi connectivity index (χ4v) is 2.39. The Bertz CT molecular complexity index is 501. The SMILES string of the molecule is CCCC(C)C(N)c1nn(C)c2ccccc12. The van der Waals surface area contributed by atoms with E-state index in [-0.39, 0.29) is 6.04 Å². The molecule has 1 aromatic carbocycles. The third-order valence-electron chi connectivity index (χ3n) is 3.46. The maximum atomic E-state index is 6.33. The van der Waals surface area contributed by atoms with Gasteiger partial charge in [-0.2, -0.15) is 5.10 Å². The van der Waals surface area contributed by atoms with Crippen molar-refractivity contribution < 1.29 is 0 Å². The van der Waals surface area contributed by atoms with Gasteiger partial charge < -0.3 is 5.73 Å². The largest absolute Gasteiger partial charge is 0.322 e. The average molecular weight is 231 g/mol. The van der Waals surface area contributed by atoms with Crippen LogP contribution in [0.4, 0.5) is 0 Å². The molecule has 2 unspecified atom stereocenters. The van der Waals surface area contributed by atoms with E-state index in [2.05, 4.69) is 31.1 Å². The highest BCUT2D eigenvalue weighted by molar-refractivity contribution is 5.82. The van der Waals surface area contributed by atoms with Crippen molar-refractivity contribution in [3.63, 3.8) is 0 Å². The summed E-state index contributed by atoms with van der Waals surface area (Å²) in [6.07, 6.45) is 2.31. The number of aromatic nitrogens is 2. The first-order valence-corrected chi connectivity index (χ1v) is 6.32. The van der Waals surface area contributed by atoms with Crippen LogP contribution in [0.15, 0.2) is 24.3 Å². The zero-order chi connectivity index (χ0) is 12.4. The van der Waals surface area contributed by atoms with Crippen LogP contribution in [0.25, 0.3) is 10.9 Å². The molecule has 0 saturated heterocycles. The molecule has 0 bridgehead atoms. The number of hydrogen-bond acceptors (Lipinski definition) is 2. The van der Waals surface area contributed by atoms with Crippen LogP contribution in [0, 0.1) is 5.92 Å². The fourth-order valence-electron chi connectivity index (χ4n) is 2.39. The summed E-state index contributed by atoms with van der Waals surface area (Å²) < 4.78 is 1.92. The molecule has 2 aromatic rings. The highest BCUT2D eigenvalue weighted by Gasteiger charge is 2.20. The summed E-state index contributed by atoms with van der Waals surface area (Å²) in [6.45, 7) is 4.40. The third kappa shape index (κ3) is 2.20. The quantitative estimate of drug-likeness (QED) is 0.879. The van der Waals surface area contributed by atoms with E-state index in [0.29, 0.717) is 5.92 Å². The van der Waals surface area contributed by atoms with Crippen molar-refractivity contribution in [1.29, 1.82) is 0 Å². The van der Waals surface area contributed by atoms with Crippen molar-refractivity contribution >= 4 is 10.9 Å². The van der Waals surface area contributed by atoms with E-state index in [4.69, 9.17) is 5.73 Å². The van der Waals surface area contributed by atoms with Gasteiger partial charge in [0.15, 0.2) is 0 Å². The van der Waals surface area contributed by atoms with Crippen molar-refractivity contribution in [2.24, 2.45) is 18.7 Å². The van der Waals surface area contributed by atoms with Gasteiger partial charge in [-0.3, -0.25) is 4.68 Å². The lowest BCUT2D eigenvalue weighted by Crippen LogP contribution is -2.20. The Balaban J connectivity index is 2.41. The van der Waals surface area contributed by atoms with E-state index in [1.807, 2.05) is 23.9 Å². The van der Waals surface area contributed by atoms with Gasteiger partial charge in [-0.15, -0.1) is 0 Å². The van der Waals surface area contributed by atoms with E-state index in [0.717, 1.165) is 17.6 Å². The minimum atomic E-state index is 0.0287. The lowest BCUT2D eigenvalue weighted by Gasteiger charge is -2.17. The van der Waals surface area contributed by atoms with Crippen molar-refractivity contribution in [2.75, 3.05) is 0 Å². The van der Waals surface area contributed by atoms with Crippen molar-refractivity contribution in [3.05, 3.63) is 30.0 Å². The minimum absolute atomic E-state index is 0.0287. The second-order valence-electron chi connectivity index (χ2n) is 4.82. The Morgan fingerprint density at radius 2 is 2.06 bits per heavy atom. The lowest BCUT2D eigenvalue weighted by atomic mass is 9.94. The second-order valence-corrected chi connectivity index (χ2v) is 4.82. The lowest BCUT2D eigenvalue weighted by molar-refractivity contribution is 0.425. The maximum absolute atomic E-state index is 6.33. The number of nitrogens with zero attached hydrogens (tertiary/aromatic N) is 2. The molecule has 0 aliphatic carbocycles. The molecule has 0 spiro atoms. The van der Waals surface area contributed by atoms with Crippen LogP contribution in [-0.4, -0.2) is 9.78 Å². The molecule has 1 aromatic heterocycles. The summed E-state index contributed by atoms with van der Waals surface area (Å²) in [4.78, 5) is 0. The van der Waals surface area contributed by atoms with E-state index in [1.165, 1.54) is 11.8 Å². The summed E-state index contributed by atoms with van der Waals surface area (Å²) in [5, 5.41) is 5.77. The Kier molecular flexibility index (Phi) is 3.48. The third-order valence-corrected chi connectivity index (χ3v) is 3.46.